The third-order valence-corrected chi connectivity index (χ3v) is 8.35. The third-order valence-electron chi connectivity index (χ3n) is 5.60. The quantitative estimate of drug-likeness (QED) is 0.263. The van der Waals surface area contributed by atoms with Crippen LogP contribution in [-0.4, -0.2) is 48.9 Å². The molecule has 3 N–H and O–H groups in total. The summed E-state index contributed by atoms with van der Waals surface area (Å²) in [6, 6.07) is 13.6. The van der Waals surface area contributed by atoms with E-state index in [0.717, 1.165) is 4.90 Å². The summed E-state index contributed by atoms with van der Waals surface area (Å²) in [6.07, 6.45) is 0. The van der Waals surface area contributed by atoms with Crippen molar-refractivity contribution in [1.82, 2.24) is 14.6 Å². The lowest BCUT2D eigenvalue weighted by Crippen LogP contribution is -2.44. The van der Waals surface area contributed by atoms with Crippen molar-refractivity contribution in [2.45, 2.75) is 17.5 Å². The number of carboxylic acids is 1. The predicted octanol–water partition coefficient (Wildman–Crippen LogP) is 3.38. The molecule has 13 heteroatoms. The Bertz CT molecular complexity index is 1650. The van der Waals surface area contributed by atoms with Gasteiger partial charge in [-0.3, -0.25) is 14.4 Å². The largest absolute Gasteiger partial charge is 0.496 e. The number of amides is 1. The number of hydrogen-bond acceptors (Lipinski definition) is 7. The number of pyridine rings is 1. The van der Waals surface area contributed by atoms with Crippen LogP contribution in [0.5, 0.6) is 5.75 Å². The summed E-state index contributed by atoms with van der Waals surface area (Å²) in [5.41, 5.74) is 0.141. The number of carbonyl (C=O) groups excluding carboxylic acids is 1. The Kier molecular flexibility index (Phi) is 8.17. The van der Waals surface area contributed by atoms with E-state index in [2.05, 4.69) is 9.71 Å². The number of rotatable bonds is 10. The van der Waals surface area contributed by atoms with Crippen molar-refractivity contribution in [3.8, 4) is 5.75 Å². The molecule has 4 aromatic rings. The molecule has 0 radical (unpaired) electrons. The van der Waals surface area contributed by atoms with E-state index in [1.165, 1.54) is 48.8 Å². The minimum Gasteiger partial charge on any atom is -0.496 e. The molecule has 0 saturated carbocycles. The van der Waals surface area contributed by atoms with Gasteiger partial charge in [0.15, 0.2) is 0 Å². The normalized spacial score (nSPS) is 12.3. The number of methoxy groups -OCH3 is 1. The lowest BCUT2D eigenvalue weighted by molar-refractivity contribution is -0.145. The predicted molar refractivity (Wildman–Crippen MR) is 143 cm³/mol. The van der Waals surface area contributed by atoms with Crippen LogP contribution in [0, 0.1) is 0 Å². The number of carboxylic acid groups (broad SMARTS) is 1. The van der Waals surface area contributed by atoms with Crippen LogP contribution in [0.25, 0.3) is 10.9 Å². The molecule has 10 nitrogen and oxygen atoms in total. The van der Waals surface area contributed by atoms with E-state index in [1.807, 2.05) is 0 Å². The number of halogens is 1. The van der Waals surface area contributed by atoms with Crippen LogP contribution < -0.4 is 15.0 Å². The fraction of sp³-hybridized carbons (Fsp3) is 0.160. The fourth-order valence-electron chi connectivity index (χ4n) is 3.88. The summed E-state index contributed by atoms with van der Waals surface area (Å²) in [6.45, 7) is -0.700. The van der Waals surface area contributed by atoms with Crippen molar-refractivity contribution < 1.29 is 27.9 Å². The number of aromatic amines is 1. The Morgan fingerprint density at radius 2 is 1.92 bits per heavy atom. The first-order valence-corrected chi connectivity index (χ1v) is 13.8. The van der Waals surface area contributed by atoms with Gasteiger partial charge in [0.05, 0.1) is 18.7 Å². The average molecular weight is 576 g/mol. The van der Waals surface area contributed by atoms with E-state index < -0.39 is 34.5 Å². The molecule has 2 aromatic carbocycles. The summed E-state index contributed by atoms with van der Waals surface area (Å²) in [7, 11) is -3.08. The molecule has 0 unspecified atom stereocenters. The molecular formula is C25H22ClN3O7S2. The van der Waals surface area contributed by atoms with Gasteiger partial charge in [0.2, 0.25) is 21.5 Å². The molecule has 0 aliphatic rings. The number of H-pyrrole nitrogens is 1. The molecule has 1 atom stereocenters. The van der Waals surface area contributed by atoms with Gasteiger partial charge >= 0.3 is 5.97 Å². The molecule has 4 rings (SSSR count). The molecular weight excluding hydrogens is 554 g/mol. The summed E-state index contributed by atoms with van der Waals surface area (Å²) < 4.78 is 35.0. The molecule has 0 aliphatic carbocycles. The number of ether oxygens (including phenoxy) is 1. The van der Waals surface area contributed by atoms with Gasteiger partial charge in [-0.15, -0.1) is 11.3 Å². The van der Waals surface area contributed by atoms with E-state index in [4.69, 9.17) is 16.3 Å². The number of benzene rings is 2. The molecule has 38 heavy (non-hydrogen) atoms. The van der Waals surface area contributed by atoms with Gasteiger partial charge in [-0.05, 0) is 41.1 Å². The zero-order valence-corrected chi connectivity index (χ0v) is 22.3. The van der Waals surface area contributed by atoms with Crippen molar-refractivity contribution in [2.75, 3.05) is 13.7 Å². The van der Waals surface area contributed by atoms with Crippen molar-refractivity contribution in [3.05, 3.63) is 91.9 Å². The number of thiophene rings is 1. The molecule has 0 spiro atoms. The highest BCUT2D eigenvalue weighted by Crippen LogP contribution is 2.31. The highest BCUT2D eigenvalue weighted by Gasteiger charge is 2.34. The van der Waals surface area contributed by atoms with Gasteiger partial charge in [0, 0.05) is 22.0 Å². The zero-order chi connectivity index (χ0) is 27.4. The number of nitrogens with zero attached hydrogens (tertiary/aromatic N) is 1. The number of nitrogens with one attached hydrogen (secondary N) is 2. The highest BCUT2D eigenvalue weighted by atomic mass is 35.5. The molecule has 0 aliphatic heterocycles. The number of aromatic nitrogens is 1. The number of para-hydroxylation sites is 1. The molecule has 2 aromatic heterocycles. The summed E-state index contributed by atoms with van der Waals surface area (Å²) >= 11 is 7.63. The summed E-state index contributed by atoms with van der Waals surface area (Å²) in [5.74, 6) is -1.83. The minimum atomic E-state index is -4.46. The van der Waals surface area contributed by atoms with Crippen molar-refractivity contribution in [1.29, 1.82) is 0 Å². The summed E-state index contributed by atoms with van der Waals surface area (Å²) in [5, 5.41) is 11.5. The smallest absolute Gasteiger partial charge is 0.323 e. The van der Waals surface area contributed by atoms with Crippen LogP contribution in [0.15, 0.2) is 75.7 Å². The van der Waals surface area contributed by atoms with Crippen LogP contribution >= 0.6 is 22.9 Å². The Labute approximate surface area is 226 Å². The van der Waals surface area contributed by atoms with Gasteiger partial charge in [0.1, 0.15) is 23.2 Å². The first kappa shape index (κ1) is 27.3. The van der Waals surface area contributed by atoms with Crippen LogP contribution in [0.3, 0.4) is 0 Å². The van der Waals surface area contributed by atoms with Crippen LogP contribution in [0.1, 0.15) is 16.5 Å². The number of fused-ring (bicyclic) bond motifs is 1. The van der Waals surface area contributed by atoms with Crippen LogP contribution in [0.4, 0.5) is 0 Å². The Balaban J connectivity index is 1.80. The van der Waals surface area contributed by atoms with Gasteiger partial charge in [-0.1, -0.05) is 35.9 Å². The van der Waals surface area contributed by atoms with Gasteiger partial charge in [0.25, 0.3) is 0 Å². The molecule has 198 valence electrons. The summed E-state index contributed by atoms with van der Waals surface area (Å²) in [4.78, 5) is 41.1. The Morgan fingerprint density at radius 3 is 2.61 bits per heavy atom. The number of hydrogen-bond donors (Lipinski definition) is 3. The standard InChI is InChI=1S/C25H22ClN3O7S2/c1-36-20-7-3-2-6-17(20)24(25(33)29(14-23(31)32)13-16-5-4-10-37-16)28-38(34,35)21-11-15-8-9-22(30)27-19(15)12-18(21)26/h2-12,24,28H,13-14H2,1H3,(H,27,30)(H,31,32)/t24-/m0/s1. The van der Waals surface area contributed by atoms with E-state index in [1.54, 1.807) is 35.7 Å². The minimum absolute atomic E-state index is 0.0414. The molecule has 2 heterocycles. The van der Waals surface area contributed by atoms with E-state index >= 15 is 0 Å². The topological polar surface area (TPSA) is 146 Å². The first-order valence-electron chi connectivity index (χ1n) is 11.1. The number of sulfonamides is 1. The fourth-order valence-corrected chi connectivity index (χ4v) is 6.33. The second kappa shape index (κ2) is 11.4. The number of aliphatic carboxylic acids is 1. The molecule has 1 amide bonds. The molecule has 0 fully saturated rings. The first-order chi connectivity index (χ1) is 18.1. The maximum Gasteiger partial charge on any atom is 0.323 e. The van der Waals surface area contributed by atoms with Crippen LogP contribution in [-0.2, 0) is 26.2 Å². The lowest BCUT2D eigenvalue weighted by atomic mass is 10.0. The zero-order valence-electron chi connectivity index (χ0n) is 19.9. The highest BCUT2D eigenvalue weighted by molar-refractivity contribution is 7.89. The van der Waals surface area contributed by atoms with Crippen molar-refractivity contribution >= 4 is 55.7 Å². The maximum atomic E-state index is 13.8. The van der Waals surface area contributed by atoms with Gasteiger partial charge in [-0.25, -0.2) is 8.42 Å². The maximum absolute atomic E-state index is 13.8. The van der Waals surface area contributed by atoms with Crippen molar-refractivity contribution in [3.63, 3.8) is 0 Å². The average Bonchev–Trinajstić information content (AvgIpc) is 3.39. The van der Waals surface area contributed by atoms with Crippen molar-refractivity contribution in [2.24, 2.45) is 0 Å². The molecule has 0 saturated heterocycles. The van der Waals surface area contributed by atoms with Gasteiger partial charge in [-0.2, -0.15) is 4.72 Å². The third kappa shape index (κ3) is 6.05. The SMILES string of the molecule is COc1ccccc1[C@H](NS(=O)(=O)c1cc2ccc(=O)[nH]c2cc1Cl)C(=O)N(CC(=O)O)Cc1cccs1. The molecule has 0 bridgehead atoms. The van der Waals surface area contributed by atoms with E-state index in [9.17, 15) is 27.9 Å². The lowest BCUT2D eigenvalue weighted by Gasteiger charge is -2.27. The van der Waals surface area contributed by atoms with Crippen LogP contribution in [0.2, 0.25) is 5.02 Å². The van der Waals surface area contributed by atoms with E-state index in [-0.39, 0.29) is 33.3 Å². The monoisotopic (exact) mass is 575 g/mol. The Morgan fingerprint density at radius 1 is 1.16 bits per heavy atom. The second-order valence-electron chi connectivity index (χ2n) is 8.16. The van der Waals surface area contributed by atoms with Gasteiger partial charge < -0.3 is 19.7 Å². The second-order valence-corrected chi connectivity index (χ2v) is 11.3. The number of carbonyl (C=O) groups is 2. The Hall–Kier alpha value is -3.71. The van der Waals surface area contributed by atoms with E-state index in [0.29, 0.717) is 15.8 Å².